The van der Waals surface area contributed by atoms with Gasteiger partial charge in [-0.1, -0.05) is 36.5 Å². The smallest absolute Gasteiger partial charge is 0.215 e. The Balaban J connectivity index is 1.95. The average molecular weight is 345 g/mol. The van der Waals surface area contributed by atoms with E-state index in [-0.39, 0.29) is 10.5 Å². The topological polar surface area (TPSA) is 72.2 Å². The van der Waals surface area contributed by atoms with Crippen LogP contribution >= 0.6 is 24.0 Å². The van der Waals surface area contributed by atoms with Crippen molar-refractivity contribution in [1.82, 2.24) is 4.72 Å². The third-order valence-corrected chi connectivity index (χ3v) is 6.63. The molecule has 1 fully saturated rings. The van der Waals surface area contributed by atoms with Crippen LogP contribution in [0.2, 0.25) is 0 Å². The summed E-state index contributed by atoms with van der Waals surface area (Å²) in [5.41, 5.74) is 6.99. The van der Waals surface area contributed by atoms with Crippen molar-refractivity contribution in [3.05, 3.63) is 35.4 Å². The van der Waals surface area contributed by atoms with Crippen LogP contribution in [0.4, 0.5) is 0 Å². The zero-order valence-electron chi connectivity index (χ0n) is 12.0. The Morgan fingerprint density at radius 2 is 2.10 bits per heavy atom. The molecule has 0 saturated carbocycles. The van der Waals surface area contributed by atoms with Crippen molar-refractivity contribution in [2.45, 2.75) is 30.3 Å². The van der Waals surface area contributed by atoms with Crippen LogP contribution in [-0.2, 0) is 15.8 Å². The van der Waals surface area contributed by atoms with Crippen molar-refractivity contribution in [1.29, 1.82) is 0 Å². The lowest BCUT2D eigenvalue weighted by Gasteiger charge is -2.22. The van der Waals surface area contributed by atoms with Gasteiger partial charge in [0.2, 0.25) is 10.0 Å². The van der Waals surface area contributed by atoms with Crippen LogP contribution in [0.1, 0.15) is 30.9 Å². The molecule has 21 heavy (non-hydrogen) atoms. The first-order valence-electron chi connectivity index (χ1n) is 6.80. The largest absolute Gasteiger partial charge is 0.389 e. The molecule has 1 atom stereocenters. The second kappa shape index (κ2) is 6.64. The number of hydrogen-bond donors (Lipinski definition) is 2. The van der Waals surface area contributed by atoms with E-state index >= 15 is 0 Å². The maximum Gasteiger partial charge on any atom is 0.215 e. The summed E-state index contributed by atoms with van der Waals surface area (Å²) >= 11 is 6.72. The minimum atomic E-state index is -3.32. The molecule has 1 aliphatic rings. The molecular weight excluding hydrogens is 324 g/mol. The van der Waals surface area contributed by atoms with Crippen LogP contribution in [0.15, 0.2) is 24.3 Å². The highest BCUT2D eigenvalue weighted by molar-refractivity contribution is 8.01. The maximum atomic E-state index is 12.1. The highest BCUT2D eigenvalue weighted by Gasteiger charge is 2.30. The lowest BCUT2D eigenvalue weighted by atomic mass is 10.1. The monoisotopic (exact) mass is 344 g/mol. The molecule has 0 amide bonds. The molecule has 1 unspecified atom stereocenters. The zero-order chi connectivity index (χ0) is 15.5. The molecule has 1 saturated heterocycles. The molecule has 116 valence electrons. The van der Waals surface area contributed by atoms with Gasteiger partial charge in [-0.2, -0.15) is 11.8 Å². The van der Waals surface area contributed by atoms with Gasteiger partial charge < -0.3 is 5.73 Å². The Morgan fingerprint density at radius 1 is 1.43 bits per heavy atom. The van der Waals surface area contributed by atoms with Crippen LogP contribution in [0.3, 0.4) is 0 Å². The first-order valence-corrected chi connectivity index (χ1v) is 9.84. The Labute approximate surface area is 135 Å². The van der Waals surface area contributed by atoms with E-state index in [9.17, 15) is 8.42 Å². The van der Waals surface area contributed by atoms with Crippen LogP contribution in [0, 0.1) is 0 Å². The summed E-state index contributed by atoms with van der Waals surface area (Å²) in [6, 6.07) is 7.00. The van der Waals surface area contributed by atoms with Crippen molar-refractivity contribution in [3.63, 3.8) is 0 Å². The van der Waals surface area contributed by atoms with Crippen molar-refractivity contribution in [2.75, 3.05) is 12.3 Å². The highest BCUT2D eigenvalue weighted by Crippen LogP contribution is 2.37. The Morgan fingerprint density at radius 3 is 2.62 bits per heavy atom. The second-order valence-electron chi connectivity index (χ2n) is 5.54. The average Bonchev–Trinajstić information content (AvgIpc) is 2.85. The molecule has 3 N–H and O–H groups in total. The number of thioether (sulfide) groups is 1. The van der Waals surface area contributed by atoms with Gasteiger partial charge in [-0.3, -0.25) is 0 Å². The van der Waals surface area contributed by atoms with E-state index < -0.39 is 10.0 Å². The first kappa shape index (κ1) is 16.7. The van der Waals surface area contributed by atoms with E-state index in [2.05, 4.69) is 11.6 Å². The van der Waals surface area contributed by atoms with Gasteiger partial charge in [-0.25, -0.2) is 13.1 Å². The summed E-state index contributed by atoms with van der Waals surface area (Å²) in [5, 5.41) is 0. The van der Waals surface area contributed by atoms with Crippen molar-refractivity contribution >= 4 is 39.0 Å². The van der Waals surface area contributed by atoms with Gasteiger partial charge in [0.1, 0.15) is 4.99 Å². The van der Waals surface area contributed by atoms with Gasteiger partial charge in [-0.15, -0.1) is 0 Å². The van der Waals surface area contributed by atoms with Crippen LogP contribution in [0.5, 0.6) is 0 Å². The van der Waals surface area contributed by atoms with E-state index in [0.29, 0.717) is 11.5 Å². The minimum Gasteiger partial charge on any atom is -0.389 e. The van der Waals surface area contributed by atoms with Gasteiger partial charge in [0, 0.05) is 16.9 Å². The Bertz CT molecular complexity index is 606. The minimum absolute atomic E-state index is 0.0225. The number of sulfonamides is 1. The van der Waals surface area contributed by atoms with E-state index in [1.54, 1.807) is 24.3 Å². The maximum absolute atomic E-state index is 12.1. The number of thiocarbonyl (C=S) groups is 1. The standard InChI is InChI=1S/C14H20N2O2S3/c1-14(7-2-8-20-14)10-16-21(17,18)9-11-3-5-12(6-4-11)13(15)19/h3-6,16H,2,7-10H2,1H3,(H2,15,19). The number of benzene rings is 1. The van der Waals surface area contributed by atoms with E-state index in [0.717, 1.165) is 29.7 Å². The normalized spacial score (nSPS) is 22.3. The summed E-state index contributed by atoms with van der Waals surface area (Å²) in [7, 11) is -3.32. The first-order chi connectivity index (χ1) is 9.80. The number of hydrogen-bond acceptors (Lipinski definition) is 4. The summed E-state index contributed by atoms with van der Waals surface area (Å²) in [4.78, 5) is 0.314. The molecule has 0 aliphatic carbocycles. The van der Waals surface area contributed by atoms with Gasteiger partial charge in [-0.05, 0) is 31.1 Å². The predicted molar refractivity (Wildman–Crippen MR) is 93.1 cm³/mol. The van der Waals surface area contributed by atoms with Gasteiger partial charge in [0.05, 0.1) is 5.75 Å². The van der Waals surface area contributed by atoms with Crippen molar-refractivity contribution in [3.8, 4) is 0 Å². The lowest BCUT2D eigenvalue weighted by molar-refractivity contribution is 0.552. The van der Waals surface area contributed by atoms with Crippen molar-refractivity contribution in [2.24, 2.45) is 5.73 Å². The zero-order valence-corrected chi connectivity index (χ0v) is 14.4. The highest BCUT2D eigenvalue weighted by atomic mass is 32.2. The lowest BCUT2D eigenvalue weighted by Crippen LogP contribution is -2.37. The molecule has 4 nitrogen and oxygen atoms in total. The number of nitrogens with one attached hydrogen (secondary N) is 1. The van der Waals surface area contributed by atoms with Crippen LogP contribution in [0.25, 0.3) is 0 Å². The number of nitrogens with two attached hydrogens (primary N) is 1. The SMILES string of the molecule is CC1(CNS(=O)(=O)Cc2ccc(C(N)=S)cc2)CCCS1. The molecule has 2 rings (SSSR count). The molecule has 0 spiro atoms. The van der Waals surface area contributed by atoms with E-state index in [1.807, 2.05) is 11.8 Å². The molecular formula is C14H20N2O2S3. The Hall–Kier alpha value is -0.630. The molecule has 1 aromatic rings. The van der Waals surface area contributed by atoms with E-state index in [4.69, 9.17) is 18.0 Å². The second-order valence-corrected chi connectivity index (χ2v) is 9.47. The molecule has 7 heteroatoms. The summed E-state index contributed by atoms with van der Waals surface area (Å²) < 4.78 is 27.1. The molecule has 0 aromatic heterocycles. The fraction of sp³-hybridized carbons (Fsp3) is 0.500. The van der Waals surface area contributed by atoms with Crippen molar-refractivity contribution < 1.29 is 8.42 Å². The van der Waals surface area contributed by atoms with Crippen LogP contribution in [-0.4, -0.2) is 30.5 Å². The quantitative estimate of drug-likeness (QED) is 0.773. The summed E-state index contributed by atoms with van der Waals surface area (Å²) in [6.45, 7) is 2.61. The molecule has 1 aromatic carbocycles. The third kappa shape index (κ3) is 4.95. The molecule has 1 aliphatic heterocycles. The summed E-state index contributed by atoms with van der Waals surface area (Å²) in [5.74, 6) is 1.09. The molecule has 0 bridgehead atoms. The van der Waals surface area contributed by atoms with Gasteiger partial charge in [0.15, 0.2) is 0 Å². The Kier molecular flexibility index (Phi) is 5.29. The fourth-order valence-electron chi connectivity index (χ4n) is 2.27. The number of rotatable bonds is 6. The fourth-order valence-corrected chi connectivity index (χ4v) is 5.02. The van der Waals surface area contributed by atoms with Gasteiger partial charge in [0.25, 0.3) is 0 Å². The predicted octanol–water partition coefficient (Wildman–Crippen LogP) is 2.03. The summed E-state index contributed by atoms with van der Waals surface area (Å²) in [6.07, 6.45) is 2.21. The van der Waals surface area contributed by atoms with Gasteiger partial charge >= 0.3 is 0 Å². The van der Waals surface area contributed by atoms with Crippen LogP contribution < -0.4 is 10.5 Å². The third-order valence-electron chi connectivity index (χ3n) is 3.56. The molecule has 1 heterocycles. The van der Waals surface area contributed by atoms with E-state index in [1.165, 1.54) is 0 Å². The molecule has 0 radical (unpaired) electrons.